The summed E-state index contributed by atoms with van der Waals surface area (Å²) in [5.74, 6) is 0.653. The summed E-state index contributed by atoms with van der Waals surface area (Å²) in [6, 6.07) is 6.75. The monoisotopic (exact) mass is 327 g/mol. The molecule has 0 saturated carbocycles. The average Bonchev–Trinajstić information content (AvgIpc) is 2.49. The Morgan fingerprint density at radius 1 is 1.23 bits per heavy atom. The number of piperidine rings is 1. The molecule has 1 fully saturated rings. The standard InChI is InChI=1S/C15H25N3O3S/c16-9-8-13-3-1-2-10-18(13)11-12-21-14-4-6-15(7-5-14)22(17,19)20/h4-7,13H,1-3,8-12,16H2,(H2,17,19,20). The van der Waals surface area contributed by atoms with Crippen molar-refractivity contribution in [1.29, 1.82) is 0 Å². The van der Waals surface area contributed by atoms with Gasteiger partial charge in [0.25, 0.3) is 0 Å². The Labute approximate surface area is 132 Å². The molecule has 1 aromatic carbocycles. The lowest BCUT2D eigenvalue weighted by atomic mass is 9.99. The van der Waals surface area contributed by atoms with Gasteiger partial charge in [-0.05, 0) is 56.6 Å². The van der Waals surface area contributed by atoms with E-state index in [9.17, 15) is 8.42 Å². The highest BCUT2D eigenvalue weighted by Gasteiger charge is 2.21. The van der Waals surface area contributed by atoms with Crippen molar-refractivity contribution in [2.45, 2.75) is 36.6 Å². The van der Waals surface area contributed by atoms with Crippen LogP contribution in [0.5, 0.6) is 5.75 Å². The topological polar surface area (TPSA) is 98.6 Å². The molecule has 1 unspecified atom stereocenters. The third-order valence-electron chi connectivity index (χ3n) is 4.05. The van der Waals surface area contributed by atoms with Crippen molar-refractivity contribution in [2.75, 3.05) is 26.2 Å². The molecule has 1 aliphatic heterocycles. The third kappa shape index (κ3) is 4.95. The van der Waals surface area contributed by atoms with E-state index in [1.165, 1.54) is 31.4 Å². The van der Waals surface area contributed by atoms with Crippen LogP contribution in [0, 0.1) is 0 Å². The summed E-state index contributed by atoms with van der Waals surface area (Å²) >= 11 is 0. The average molecular weight is 327 g/mol. The molecule has 22 heavy (non-hydrogen) atoms. The fourth-order valence-electron chi connectivity index (χ4n) is 2.88. The number of likely N-dealkylation sites (tertiary alicyclic amines) is 1. The van der Waals surface area contributed by atoms with Crippen LogP contribution >= 0.6 is 0 Å². The van der Waals surface area contributed by atoms with Crippen molar-refractivity contribution in [2.24, 2.45) is 10.9 Å². The Bertz CT molecular complexity index is 558. The molecule has 1 saturated heterocycles. The SMILES string of the molecule is NCCC1CCCCN1CCOc1ccc(S(N)(=O)=O)cc1. The number of primary sulfonamides is 1. The zero-order valence-corrected chi connectivity index (χ0v) is 13.6. The van der Waals surface area contributed by atoms with Gasteiger partial charge in [-0.25, -0.2) is 13.6 Å². The predicted molar refractivity (Wildman–Crippen MR) is 86.2 cm³/mol. The number of ether oxygens (including phenoxy) is 1. The molecular formula is C15H25N3O3S. The minimum atomic E-state index is -3.65. The molecule has 1 atom stereocenters. The lowest BCUT2D eigenvalue weighted by molar-refractivity contribution is 0.118. The molecule has 124 valence electrons. The fourth-order valence-corrected chi connectivity index (χ4v) is 3.40. The molecule has 0 bridgehead atoms. The molecule has 1 heterocycles. The van der Waals surface area contributed by atoms with Crippen LogP contribution in [0.1, 0.15) is 25.7 Å². The Balaban J connectivity index is 1.82. The van der Waals surface area contributed by atoms with Gasteiger partial charge < -0.3 is 10.5 Å². The molecule has 4 N–H and O–H groups in total. The predicted octanol–water partition coefficient (Wildman–Crippen LogP) is 0.916. The summed E-state index contributed by atoms with van der Waals surface area (Å²) in [5, 5.41) is 5.06. The Morgan fingerprint density at radius 2 is 1.95 bits per heavy atom. The molecule has 0 spiro atoms. The second-order valence-corrected chi connectivity index (χ2v) is 7.19. The molecule has 0 aliphatic carbocycles. The van der Waals surface area contributed by atoms with Crippen molar-refractivity contribution in [3.8, 4) is 5.75 Å². The van der Waals surface area contributed by atoms with Gasteiger partial charge in [-0.3, -0.25) is 4.90 Å². The van der Waals surface area contributed by atoms with E-state index < -0.39 is 10.0 Å². The quantitative estimate of drug-likeness (QED) is 0.776. The van der Waals surface area contributed by atoms with Crippen LogP contribution in [0.3, 0.4) is 0 Å². The highest BCUT2D eigenvalue weighted by molar-refractivity contribution is 7.89. The molecule has 2 rings (SSSR count). The van der Waals surface area contributed by atoms with Crippen LogP contribution in [-0.2, 0) is 10.0 Å². The van der Waals surface area contributed by atoms with Gasteiger partial charge in [-0.15, -0.1) is 0 Å². The van der Waals surface area contributed by atoms with Crippen molar-refractivity contribution in [3.05, 3.63) is 24.3 Å². The zero-order valence-electron chi connectivity index (χ0n) is 12.8. The van der Waals surface area contributed by atoms with Crippen molar-refractivity contribution in [3.63, 3.8) is 0 Å². The summed E-state index contributed by atoms with van der Waals surface area (Å²) in [5.41, 5.74) is 5.67. The summed E-state index contributed by atoms with van der Waals surface area (Å²) in [4.78, 5) is 2.54. The second-order valence-electron chi connectivity index (χ2n) is 5.63. The van der Waals surface area contributed by atoms with Gasteiger partial charge in [0.15, 0.2) is 0 Å². The molecule has 0 amide bonds. The van der Waals surface area contributed by atoms with Gasteiger partial charge in [0.2, 0.25) is 10.0 Å². The highest BCUT2D eigenvalue weighted by atomic mass is 32.2. The first-order valence-electron chi connectivity index (χ1n) is 7.70. The van der Waals surface area contributed by atoms with Gasteiger partial charge in [-0.2, -0.15) is 0 Å². The van der Waals surface area contributed by atoms with Crippen LogP contribution in [-0.4, -0.2) is 45.6 Å². The van der Waals surface area contributed by atoms with Gasteiger partial charge >= 0.3 is 0 Å². The fraction of sp³-hybridized carbons (Fsp3) is 0.600. The van der Waals surface area contributed by atoms with Crippen LogP contribution in [0.25, 0.3) is 0 Å². The van der Waals surface area contributed by atoms with E-state index >= 15 is 0 Å². The molecule has 6 nitrogen and oxygen atoms in total. The number of benzene rings is 1. The number of sulfonamides is 1. The Morgan fingerprint density at radius 3 is 2.59 bits per heavy atom. The lowest BCUT2D eigenvalue weighted by Gasteiger charge is -2.35. The maximum atomic E-state index is 11.2. The largest absolute Gasteiger partial charge is 0.492 e. The van der Waals surface area contributed by atoms with Crippen molar-refractivity contribution >= 4 is 10.0 Å². The van der Waals surface area contributed by atoms with Crippen molar-refractivity contribution in [1.82, 2.24) is 4.90 Å². The second kappa shape index (κ2) is 7.92. The van der Waals surface area contributed by atoms with Gasteiger partial charge in [0.1, 0.15) is 12.4 Å². The van der Waals surface area contributed by atoms with Crippen LogP contribution in [0.15, 0.2) is 29.2 Å². The first kappa shape index (κ1) is 17.2. The molecular weight excluding hydrogens is 302 g/mol. The van der Waals surface area contributed by atoms with E-state index in [2.05, 4.69) is 4.90 Å². The summed E-state index contributed by atoms with van der Waals surface area (Å²) in [6.45, 7) is 3.26. The molecule has 1 aromatic rings. The van der Waals surface area contributed by atoms with Gasteiger partial charge in [-0.1, -0.05) is 6.42 Å². The number of nitrogens with two attached hydrogens (primary N) is 2. The minimum absolute atomic E-state index is 0.0962. The van der Waals surface area contributed by atoms with E-state index in [1.807, 2.05) is 0 Å². The van der Waals surface area contributed by atoms with Crippen molar-refractivity contribution < 1.29 is 13.2 Å². The molecule has 0 aromatic heterocycles. The number of hydrogen-bond acceptors (Lipinski definition) is 5. The van der Waals surface area contributed by atoms with E-state index in [0.717, 1.165) is 26.1 Å². The number of hydrogen-bond donors (Lipinski definition) is 2. The first-order chi connectivity index (χ1) is 10.5. The van der Waals surface area contributed by atoms with Gasteiger partial charge in [0.05, 0.1) is 4.90 Å². The summed E-state index contributed by atoms with van der Waals surface area (Å²) in [6.07, 6.45) is 4.74. The van der Waals surface area contributed by atoms with Gasteiger partial charge in [0, 0.05) is 12.6 Å². The Kier molecular flexibility index (Phi) is 6.19. The molecule has 7 heteroatoms. The van der Waals surface area contributed by atoms with E-state index in [0.29, 0.717) is 18.4 Å². The highest BCUT2D eigenvalue weighted by Crippen LogP contribution is 2.19. The maximum Gasteiger partial charge on any atom is 0.238 e. The van der Waals surface area contributed by atoms with E-state index in [1.54, 1.807) is 12.1 Å². The molecule has 1 aliphatic rings. The first-order valence-corrected chi connectivity index (χ1v) is 9.25. The van der Waals surface area contributed by atoms with E-state index in [-0.39, 0.29) is 4.90 Å². The summed E-state index contributed by atoms with van der Waals surface area (Å²) < 4.78 is 28.1. The summed E-state index contributed by atoms with van der Waals surface area (Å²) in [7, 11) is -3.65. The third-order valence-corrected chi connectivity index (χ3v) is 4.98. The molecule has 0 radical (unpaired) electrons. The maximum absolute atomic E-state index is 11.2. The minimum Gasteiger partial charge on any atom is -0.492 e. The van der Waals surface area contributed by atoms with Crippen LogP contribution < -0.4 is 15.6 Å². The lowest BCUT2D eigenvalue weighted by Crippen LogP contribution is -2.42. The smallest absolute Gasteiger partial charge is 0.238 e. The Hall–Kier alpha value is -1.15. The van der Waals surface area contributed by atoms with E-state index in [4.69, 9.17) is 15.6 Å². The number of rotatable bonds is 7. The zero-order chi connectivity index (χ0) is 16.0. The normalized spacial score (nSPS) is 20.0. The van der Waals surface area contributed by atoms with Crippen LogP contribution in [0.4, 0.5) is 0 Å². The van der Waals surface area contributed by atoms with Crippen LogP contribution in [0.2, 0.25) is 0 Å². The number of nitrogens with zero attached hydrogens (tertiary/aromatic N) is 1.